The fourth-order valence-corrected chi connectivity index (χ4v) is 1.96. The van der Waals surface area contributed by atoms with Crippen LogP contribution in [0, 0.1) is 0 Å². The predicted octanol–water partition coefficient (Wildman–Crippen LogP) is 2.48. The molecule has 2 aromatic rings. The van der Waals surface area contributed by atoms with Crippen LogP contribution in [0.25, 0.3) is 0 Å². The molecule has 2 aromatic heterocycles. The smallest absolute Gasteiger partial charge is 0.340 e. The van der Waals surface area contributed by atoms with Gasteiger partial charge in [-0.25, -0.2) is 9.78 Å². The van der Waals surface area contributed by atoms with E-state index >= 15 is 0 Å². The number of ether oxygens (including phenoxy) is 1. The van der Waals surface area contributed by atoms with E-state index in [4.69, 9.17) is 14.9 Å². The minimum Gasteiger partial charge on any atom is -0.469 e. The maximum Gasteiger partial charge on any atom is 0.340 e. The molecule has 0 aliphatic carbocycles. The highest BCUT2D eigenvalue weighted by molar-refractivity contribution is 5.95. The van der Waals surface area contributed by atoms with Crippen molar-refractivity contribution in [2.45, 2.75) is 26.3 Å². The topological polar surface area (TPSA) is 90.4 Å². The third-order valence-corrected chi connectivity index (χ3v) is 2.91. The number of anilines is 2. The monoisotopic (exact) mass is 289 g/mol. The number of furan rings is 1. The van der Waals surface area contributed by atoms with Gasteiger partial charge in [0.15, 0.2) is 0 Å². The lowest BCUT2D eigenvalue weighted by Crippen LogP contribution is -2.19. The molecule has 0 aliphatic rings. The molecule has 0 fully saturated rings. The van der Waals surface area contributed by atoms with Crippen LogP contribution in [0.4, 0.5) is 11.5 Å². The highest BCUT2D eigenvalue weighted by Gasteiger charge is 2.14. The summed E-state index contributed by atoms with van der Waals surface area (Å²) in [6, 6.07) is 5.47. The van der Waals surface area contributed by atoms with Crippen LogP contribution >= 0.6 is 0 Å². The molecule has 6 nitrogen and oxygen atoms in total. The van der Waals surface area contributed by atoms with Crippen LogP contribution in [0.3, 0.4) is 0 Å². The molecule has 21 heavy (non-hydrogen) atoms. The number of nitrogens with one attached hydrogen (secondary N) is 1. The number of hydrogen-bond donors (Lipinski definition) is 2. The van der Waals surface area contributed by atoms with Gasteiger partial charge in [0.25, 0.3) is 0 Å². The summed E-state index contributed by atoms with van der Waals surface area (Å²) >= 11 is 0. The summed E-state index contributed by atoms with van der Waals surface area (Å²) in [7, 11) is 0. The first kappa shape index (κ1) is 14.9. The Labute approximate surface area is 123 Å². The quantitative estimate of drug-likeness (QED) is 0.794. The van der Waals surface area contributed by atoms with Gasteiger partial charge in [-0.05, 0) is 32.0 Å². The molecule has 1 atom stereocenters. The molecule has 0 saturated heterocycles. The van der Waals surface area contributed by atoms with Crippen LogP contribution < -0.4 is 11.1 Å². The lowest BCUT2D eigenvalue weighted by atomic mass is 10.2. The Hall–Kier alpha value is -2.50. The number of carbonyl (C=O) groups excluding carboxylic acids is 1. The predicted molar refractivity (Wildman–Crippen MR) is 80.1 cm³/mol. The molecular formula is C15H19N3O3. The second kappa shape index (κ2) is 6.78. The number of nitrogen functional groups attached to an aromatic ring is 1. The van der Waals surface area contributed by atoms with Crippen molar-refractivity contribution < 1.29 is 13.9 Å². The summed E-state index contributed by atoms with van der Waals surface area (Å²) in [5.74, 6) is 1.02. The Balaban J connectivity index is 2.06. The first-order chi connectivity index (χ1) is 10.1. The molecule has 0 aromatic carbocycles. The van der Waals surface area contributed by atoms with E-state index in [0.29, 0.717) is 30.1 Å². The Morgan fingerprint density at radius 3 is 3.05 bits per heavy atom. The number of rotatable bonds is 6. The van der Waals surface area contributed by atoms with Gasteiger partial charge in [-0.2, -0.15) is 0 Å². The molecule has 0 bridgehead atoms. The summed E-state index contributed by atoms with van der Waals surface area (Å²) in [5, 5.41) is 3.21. The molecule has 2 rings (SSSR count). The average Bonchev–Trinajstić information content (AvgIpc) is 2.94. The van der Waals surface area contributed by atoms with Crippen LogP contribution in [-0.4, -0.2) is 23.6 Å². The zero-order valence-electron chi connectivity index (χ0n) is 12.1. The standard InChI is InChI=1S/C15H19N3O3/c1-3-20-15(19)12-8-14(17-9-13(12)16)18-10(2)7-11-5-4-6-21-11/h4-6,8-10H,3,7,16H2,1-2H3,(H,17,18). The molecule has 0 amide bonds. The van der Waals surface area contributed by atoms with Gasteiger partial charge in [-0.3, -0.25) is 0 Å². The largest absolute Gasteiger partial charge is 0.469 e. The normalized spacial score (nSPS) is 11.9. The van der Waals surface area contributed by atoms with Gasteiger partial charge in [0, 0.05) is 12.5 Å². The lowest BCUT2D eigenvalue weighted by Gasteiger charge is -2.14. The van der Waals surface area contributed by atoms with Gasteiger partial charge in [0.2, 0.25) is 0 Å². The zero-order valence-corrected chi connectivity index (χ0v) is 12.1. The minimum absolute atomic E-state index is 0.0994. The van der Waals surface area contributed by atoms with E-state index in [2.05, 4.69) is 10.3 Å². The Morgan fingerprint density at radius 1 is 1.57 bits per heavy atom. The maximum atomic E-state index is 11.8. The average molecular weight is 289 g/mol. The molecule has 0 spiro atoms. The fraction of sp³-hybridized carbons (Fsp3) is 0.333. The van der Waals surface area contributed by atoms with Gasteiger partial charge in [0.05, 0.1) is 30.3 Å². The number of nitrogens with zero attached hydrogens (tertiary/aromatic N) is 1. The summed E-state index contributed by atoms with van der Waals surface area (Å²) in [4.78, 5) is 16.0. The Bertz CT molecular complexity index is 596. The number of carbonyl (C=O) groups is 1. The second-order valence-corrected chi connectivity index (χ2v) is 4.71. The number of pyridine rings is 1. The van der Waals surface area contributed by atoms with Gasteiger partial charge in [-0.1, -0.05) is 0 Å². The molecule has 0 radical (unpaired) electrons. The van der Waals surface area contributed by atoms with Crippen molar-refractivity contribution in [3.63, 3.8) is 0 Å². The second-order valence-electron chi connectivity index (χ2n) is 4.71. The first-order valence-corrected chi connectivity index (χ1v) is 6.81. The highest BCUT2D eigenvalue weighted by Crippen LogP contribution is 2.17. The molecule has 6 heteroatoms. The van der Waals surface area contributed by atoms with Crippen molar-refractivity contribution in [2.75, 3.05) is 17.7 Å². The molecule has 0 saturated carbocycles. The minimum atomic E-state index is -0.445. The SMILES string of the molecule is CCOC(=O)c1cc(NC(C)Cc2ccco2)ncc1N. The Morgan fingerprint density at radius 2 is 2.38 bits per heavy atom. The zero-order chi connectivity index (χ0) is 15.2. The van der Waals surface area contributed by atoms with Gasteiger partial charge in [-0.15, -0.1) is 0 Å². The first-order valence-electron chi connectivity index (χ1n) is 6.81. The van der Waals surface area contributed by atoms with Crippen molar-refractivity contribution in [1.82, 2.24) is 4.98 Å². The molecule has 1 unspecified atom stereocenters. The molecule has 0 aliphatic heterocycles. The van der Waals surface area contributed by atoms with E-state index < -0.39 is 5.97 Å². The third-order valence-electron chi connectivity index (χ3n) is 2.91. The summed E-state index contributed by atoms with van der Waals surface area (Å²) in [6.45, 7) is 4.06. The van der Waals surface area contributed by atoms with Crippen LogP contribution in [-0.2, 0) is 11.2 Å². The van der Waals surface area contributed by atoms with Gasteiger partial charge >= 0.3 is 5.97 Å². The van der Waals surface area contributed by atoms with Crippen molar-refractivity contribution in [1.29, 1.82) is 0 Å². The molecular weight excluding hydrogens is 270 g/mol. The molecule has 112 valence electrons. The molecule has 2 heterocycles. The summed E-state index contributed by atoms with van der Waals surface area (Å²) < 4.78 is 10.3. The highest BCUT2D eigenvalue weighted by atomic mass is 16.5. The van der Waals surface area contributed by atoms with Gasteiger partial charge in [0.1, 0.15) is 11.6 Å². The van der Waals surface area contributed by atoms with Crippen molar-refractivity contribution >= 4 is 17.5 Å². The van der Waals surface area contributed by atoms with E-state index in [0.717, 1.165) is 5.76 Å². The van der Waals surface area contributed by atoms with Crippen LogP contribution in [0.15, 0.2) is 35.1 Å². The summed E-state index contributed by atoms with van der Waals surface area (Å²) in [5.41, 5.74) is 6.38. The van der Waals surface area contributed by atoms with E-state index in [1.54, 1.807) is 19.3 Å². The van der Waals surface area contributed by atoms with E-state index in [1.807, 2.05) is 19.1 Å². The van der Waals surface area contributed by atoms with Crippen molar-refractivity contribution in [2.24, 2.45) is 0 Å². The number of hydrogen-bond acceptors (Lipinski definition) is 6. The number of aromatic nitrogens is 1. The third kappa shape index (κ3) is 3.98. The van der Waals surface area contributed by atoms with E-state index in [-0.39, 0.29) is 6.04 Å². The summed E-state index contributed by atoms with van der Waals surface area (Å²) in [6.07, 6.45) is 3.81. The van der Waals surface area contributed by atoms with Crippen LogP contribution in [0.5, 0.6) is 0 Å². The number of nitrogens with two attached hydrogens (primary N) is 1. The van der Waals surface area contributed by atoms with Crippen molar-refractivity contribution in [3.8, 4) is 0 Å². The van der Waals surface area contributed by atoms with E-state index in [1.165, 1.54) is 6.20 Å². The van der Waals surface area contributed by atoms with Crippen molar-refractivity contribution in [3.05, 3.63) is 42.0 Å². The molecule has 3 N–H and O–H groups in total. The van der Waals surface area contributed by atoms with Gasteiger partial charge < -0.3 is 20.2 Å². The maximum absolute atomic E-state index is 11.8. The van der Waals surface area contributed by atoms with Crippen LogP contribution in [0.2, 0.25) is 0 Å². The van der Waals surface area contributed by atoms with E-state index in [9.17, 15) is 4.79 Å². The van der Waals surface area contributed by atoms with Crippen LogP contribution in [0.1, 0.15) is 30.0 Å². The Kier molecular flexibility index (Phi) is 4.81. The number of esters is 1. The lowest BCUT2D eigenvalue weighted by molar-refractivity contribution is 0.0527. The fourth-order valence-electron chi connectivity index (χ4n) is 1.96.